The first kappa shape index (κ1) is 13.3. The minimum absolute atomic E-state index is 0.169. The van der Waals surface area contributed by atoms with Gasteiger partial charge >= 0.3 is 0 Å². The molecule has 3 heterocycles. The highest BCUT2D eigenvalue weighted by Gasteiger charge is 2.18. The van der Waals surface area contributed by atoms with E-state index in [2.05, 4.69) is 15.3 Å². The molecule has 1 amide bonds. The van der Waals surface area contributed by atoms with E-state index in [0.29, 0.717) is 17.8 Å². The van der Waals surface area contributed by atoms with Gasteiger partial charge in [-0.2, -0.15) is 0 Å². The Morgan fingerprint density at radius 3 is 2.90 bits per heavy atom. The Morgan fingerprint density at radius 2 is 2.19 bits per heavy atom. The summed E-state index contributed by atoms with van der Waals surface area (Å²) in [6.07, 6.45) is 5.93. The zero-order valence-corrected chi connectivity index (χ0v) is 12.0. The van der Waals surface area contributed by atoms with Gasteiger partial charge in [0.05, 0.1) is 17.6 Å². The number of nitrogens with one attached hydrogen (secondary N) is 1. The van der Waals surface area contributed by atoms with Crippen molar-refractivity contribution in [2.24, 2.45) is 0 Å². The molecule has 3 aromatic heterocycles. The number of carbonyl (C=O) groups excluding carboxylic acids is 1. The van der Waals surface area contributed by atoms with Gasteiger partial charge in [0.1, 0.15) is 11.3 Å². The largest absolute Gasteiger partial charge is 0.319 e. The SMILES string of the molecule is CCc1nc2ccc(C)cn2c1C(=O)Nc1cccnc1. The van der Waals surface area contributed by atoms with E-state index in [1.54, 1.807) is 18.5 Å². The average molecular weight is 280 g/mol. The average Bonchev–Trinajstić information content (AvgIpc) is 2.86. The molecule has 0 unspecified atom stereocenters. The van der Waals surface area contributed by atoms with Crippen molar-refractivity contribution < 1.29 is 4.79 Å². The fourth-order valence-electron chi connectivity index (χ4n) is 2.31. The van der Waals surface area contributed by atoms with Crippen molar-refractivity contribution in [3.63, 3.8) is 0 Å². The lowest BCUT2D eigenvalue weighted by atomic mass is 10.2. The predicted octanol–water partition coefficient (Wildman–Crippen LogP) is 2.85. The number of rotatable bonds is 3. The van der Waals surface area contributed by atoms with Crippen molar-refractivity contribution in [2.75, 3.05) is 5.32 Å². The molecule has 106 valence electrons. The van der Waals surface area contributed by atoms with Crippen molar-refractivity contribution in [1.29, 1.82) is 0 Å². The maximum Gasteiger partial charge on any atom is 0.274 e. The predicted molar refractivity (Wildman–Crippen MR) is 81.5 cm³/mol. The van der Waals surface area contributed by atoms with Crippen LogP contribution in [0.1, 0.15) is 28.7 Å². The van der Waals surface area contributed by atoms with Crippen LogP contribution in [0.4, 0.5) is 5.69 Å². The molecule has 0 aliphatic carbocycles. The molecule has 0 saturated carbocycles. The zero-order chi connectivity index (χ0) is 14.8. The van der Waals surface area contributed by atoms with Gasteiger partial charge in [0, 0.05) is 12.4 Å². The number of imidazole rings is 1. The van der Waals surface area contributed by atoms with Crippen molar-refractivity contribution in [2.45, 2.75) is 20.3 Å². The van der Waals surface area contributed by atoms with Crippen LogP contribution in [0.3, 0.4) is 0 Å². The molecule has 0 saturated heterocycles. The lowest BCUT2D eigenvalue weighted by Crippen LogP contribution is -2.16. The summed E-state index contributed by atoms with van der Waals surface area (Å²) in [5.41, 5.74) is 3.92. The van der Waals surface area contributed by atoms with Crippen LogP contribution >= 0.6 is 0 Å². The van der Waals surface area contributed by atoms with Gasteiger partial charge < -0.3 is 5.32 Å². The number of carbonyl (C=O) groups is 1. The molecule has 21 heavy (non-hydrogen) atoms. The molecule has 0 fully saturated rings. The molecule has 3 aromatic rings. The Hall–Kier alpha value is -2.69. The monoisotopic (exact) mass is 280 g/mol. The summed E-state index contributed by atoms with van der Waals surface area (Å²) >= 11 is 0. The number of anilines is 1. The van der Waals surface area contributed by atoms with Crippen LogP contribution in [0, 0.1) is 6.92 Å². The Bertz CT molecular complexity index is 793. The Balaban J connectivity index is 2.06. The summed E-state index contributed by atoms with van der Waals surface area (Å²) in [7, 11) is 0. The molecule has 0 spiro atoms. The van der Waals surface area contributed by atoms with Gasteiger partial charge in [-0.3, -0.25) is 14.2 Å². The van der Waals surface area contributed by atoms with Gasteiger partial charge in [-0.15, -0.1) is 0 Å². The summed E-state index contributed by atoms with van der Waals surface area (Å²) in [4.78, 5) is 21.1. The first-order valence-corrected chi connectivity index (χ1v) is 6.88. The maximum absolute atomic E-state index is 12.6. The lowest BCUT2D eigenvalue weighted by Gasteiger charge is -2.06. The van der Waals surface area contributed by atoms with Crippen LogP contribution in [-0.2, 0) is 6.42 Å². The fourth-order valence-corrected chi connectivity index (χ4v) is 2.31. The van der Waals surface area contributed by atoms with Gasteiger partial charge in [0.15, 0.2) is 0 Å². The molecule has 3 rings (SSSR count). The first-order valence-electron chi connectivity index (χ1n) is 6.88. The number of nitrogens with zero attached hydrogens (tertiary/aromatic N) is 3. The van der Waals surface area contributed by atoms with Crippen molar-refractivity contribution in [3.8, 4) is 0 Å². The molecule has 0 aliphatic heterocycles. The van der Waals surface area contributed by atoms with Crippen LogP contribution in [0.2, 0.25) is 0 Å². The van der Waals surface area contributed by atoms with Gasteiger partial charge in [0.25, 0.3) is 5.91 Å². The minimum Gasteiger partial charge on any atom is -0.319 e. The molecule has 0 radical (unpaired) electrons. The van der Waals surface area contributed by atoms with E-state index in [0.717, 1.165) is 16.9 Å². The van der Waals surface area contributed by atoms with E-state index in [4.69, 9.17) is 0 Å². The van der Waals surface area contributed by atoms with E-state index in [1.165, 1.54) is 0 Å². The third kappa shape index (κ3) is 2.50. The highest BCUT2D eigenvalue weighted by molar-refractivity contribution is 6.04. The van der Waals surface area contributed by atoms with Gasteiger partial charge in [-0.1, -0.05) is 13.0 Å². The van der Waals surface area contributed by atoms with E-state index >= 15 is 0 Å². The van der Waals surface area contributed by atoms with Crippen LogP contribution in [0.15, 0.2) is 42.9 Å². The van der Waals surface area contributed by atoms with Crippen LogP contribution in [0.25, 0.3) is 5.65 Å². The second-order valence-electron chi connectivity index (χ2n) is 4.89. The number of hydrogen-bond acceptors (Lipinski definition) is 3. The highest BCUT2D eigenvalue weighted by atomic mass is 16.2. The van der Waals surface area contributed by atoms with Crippen LogP contribution in [0.5, 0.6) is 0 Å². The second kappa shape index (κ2) is 5.36. The van der Waals surface area contributed by atoms with Crippen LogP contribution < -0.4 is 5.32 Å². The summed E-state index contributed by atoms with van der Waals surface area (Å²) < 4.78 is 1.85. The Kier molecular flexibility index (Phi) is 3.39. The van der Waals surface area contributed by atoms with E-state index in [9.17, 15) is 4.79 Å². The molecule has 0 aliphatic rings. The third-order valence-electron chi connectivity index (χ3n) is 3.31. The van der Waals surface area contributed by atoms with Crippen molar-refractivity contribution in [3.05, 3.63) is 59.8 Å². The number of fused-ring (bicyclic) bond motifs is 1. The van der Waals surface area contributed by atoms with Crippen molar-refractivity contribution in [1.82, 2.24) is 14.4 Å². The van der Waals surface area contributed by atoms with Gasteiger partial charge in [-0.05, 0) is 37.1 Å². The highest BCUT2D eigenvalue weighted by Crippen LogP contribution is 2.16. The standard InChI is InChI=1S/C16H16N4O/c1-3-13-15(16(21)18-12-5-4-8-17-9-12)20-10-11(2)6-7-14(20)19-13/h4-10H,3H2,1-2H3,(H,18,21). The minimum atomic E-state index is -0.169. The topological polar surface area (TPSA) is 59.3 Å². The summed E-state index contributed by atoms with van der Waals surface area (Å²) in [5, 5.41) is 2.87. The van der Waals surface area contributed by atoms with E-state index in [1.807, 2.05) is 42.6 Å². The Labute approximate surface area is 122 Å². The fraction of sp³-hybridized carbons (Fsp3) is 0.188. The van der Waals surface area contributed by atoms with Gasteiger partial charge in [-0.25, -0.2) is 4.98 Å². The normalized spacial score (nSPS) is 10.8. The first-order chi connectivity index (χ1) is 10.2. The maximum atomic E-state index is 12.6. The van der Waals surface area contributed by atoms with Crippen molar-refractivity contribution >= 4 is 17.2 Å². The summed E-state index contributed by atoms with van der Waals surface area (Å²) in [5.74, 6) is -0.169. The zero-order valence-electron chi connectivity index (χ0n) is 12.0. The molecular formula is C16H16N4O. The Morgan fingerprint density at radius 1 is 1.33 bits per heavy atom. The molecule has 1 N–H and O–H groups in total. The molecule has 5 heteroatoms. The lowest BCUT2D eigenvalue weighted by molar-refractivity contribution is 0.102. The number of aromatic nitrogens is 3. The van der Waals surface area contributed by atoms with Crippen LogP contribution in [-0.4, -0.2) is 20.3 Å². The number of hydrogen-bond donors (Lipinski definition) is 1. The van der Waals surface area contributed by atoms with E-state index in [-0.39, 0.29) is 5.91 Å². The molecule has 0 bridgehead atoms. The quantitative estimate of drug-likeness (QED) is 0.802. The second-order valence-corrected chi connectivity index (χ2v) is 4.89. The van der Waals surface area contributed by atoms with Gasteiger partial charge in [0.2, 0.25) is 0 Å². The third-order valence-corrected chi connectivity index (χ3v) is 3.31. The molecular weight excluding hydrogens is 264 g/mol. The smallest absolute Gasteiger partial charge is 0.274 e. The molecule has 0 atom stereocenters. The number of aryl methyl sites for hydroxylation is 2. The summed E-state index contributed by atoms with van der Waals surface area (Å²) in [6, 6.07) is 7.51. The molecule has 5 nitrogen and oxygen atoms in total. The molecule has 0 aromatic carbocycles. The summed E-state index contributed by atoms with van der Waals surface area (Å²) in [6.45, 7) is 3.99. The van der Waals surface area contributed by atoms with E-state index < -0.39 is 0 Å². The number of pyridine rings is 2. The number of amides is 1.